The topological polar surface area (TPSA) is 45.2 Å². The average molecular weight is 316 g/mol. The van der Waals surface area contributed by atoms with Gasteiger partial charge in [-0.05, 0) is 18.2 Å². The van der Waals surface area contributed by atoms with Crippen LogP contribution >= 0.6 is 34.5 Å². The van der Waals surface area contributed by atoms with E-state index in [1.807, 2.05) is 5.38 Å². The predicted molar refractivity (Wildman–Crippen MR) is 79.1 cm³/mol. The SMILES string of the molecule is CN(Cc1cscn1)C(=O)Nc1cc(Cl)ccc1Cl. The number of aromatic nitrogens is 1. The van der Waals surface area contributed by atoms with Gasteiger partial charge in [0.25, 0.3) is 0 Å². The summed E-state index contributed by atoms with van der Waals surface area (Å²) in [7, 11) is 1.69. The molecular formula is C12H11Cl2N3OS. The number of benzene rings is 1. The number of carbonyl (C=O) groups is 1. The molecule has 0 aliphatic rings. The highest BCUT2D eigenvalue weighted by Crippen LogP contribution is 2.25. The second-order valence-corrected chi connectivity index (χ2v) is 5.45. The zero-order chi connectivity index (χ0) is 13.8. The van der Waals surface area contributed by atoms with Crippen molar-refractivity contribution in [1.29, 1.82) is 0 Å². The molecule has 1 aromatic carbocycles. The number of urea groups is 1. The summed E-state index contributed by atoms with van der Waals surface area (Å²) in [4.78, 5) is 17.6. The minimum atomic E-state index is -0.267. The van der Waals surface area contributed by atoms with Crippen LogP contribution in [0.25, 0.3) is 0 Å². The molecule has 0 radical (unpaired) electrons. The van der Waals surface area contributed by atoms with Crippen molar-refractivity contribution in [2.24, 2.45) is 0 Å². The van der Waals surface area contributed by atoms with E-state index < -0.39 is 0 Å². The first-order chi connectivity index (χ1) is 9.06. The van der Waals surface area contributed by atoms with Gasteiger partial charge in [0.2, 0.25) is 0 Å². The first-order valence-electron chi connectivity index (χ1n) is 5.40. The second kappa shape index (κ2) is 6.23. The van der Waals surface area contributed by atoms with E-state index in [2.05, 4.69) is 10.3 Å². The molecule has 7 heteroatoms. The summed E-state index contributed by atoms with van der Waals surface area (Å²) >= 11 is 13.3. The lowest BCUT2D eigenvalue weighted by atomic mass is 10.3. The Kier molecular flexibility index (Phi) is 4.63. The van der Waals surface area contributed by atoms with Gasteiger partial charge in [-0.15, -0.1) is 11.3 Å². The van der Waals surface area contributed by atoms with E-state index in [9.17, 15) is 4.79 Å². The number of nitrogens with zero attached hydrogens (tertiary/aromatic N) is 2. The lowest BCUT2D eigenvalue weighted by Gasteiger charge is -2.17. The number of anilines is 1. The van der Waals surface area contributed by atoms with Crippen molar-refractivity contribution < 1.29 is 4.79 Å². The molecule has 0 bridgehead atoms. The van der Waals surface area contributed by atoms with Crippen molar-refractivity contribution in [3.8, 4) is 0 Å². The molecule has 1 aromatic heterocycles. The Labute approximate surface area is 125 Å². The number of halogens is 2. The van der Waals surface area contributed by atoms with E-state index in [0.29, 0.717) is 22.3 Å². The lowest BCUT2D eigenvalue weighted by molar-refractivity contribution is 0.220. The molecule has 19 heavy (non-hydrogen) atoms. The maximum atomic E-state index is 12.0. The van der Waals surface area contributed by atoms with E-state index in [4.69, 9.17) is 23.2 Å². The molecule has 0 fully saturated rings. The highest BCUT2D eigenvalue weighted by molar-refractivity contribution is 7.07. The molecule has 0 spiro atoms. The van der Waals surface area contributed by atoms with Crippen LogP contribution in [0.15, 0.2) is 29.1 Å². The molecule has 0 unspecified atom stereocenters. The van der Waals surface area contributed by atoms with Gasteiger partial charge < -0.3 is 10.2 Å². The fraction of sp³-hybridized carbons (Fsp3) is 0.167. The first kappa shape index (κ1) is 14.1. The summed E-state index contributed by atoms with van der Waals surface area (Å²) in [5.41, 5.74) is 3.07. The molecule has 2 rings (SSSR count). The Morgan fingerprint density at radius 2 is 2.26 bits per heavy atom. The van der Waals surface area contributed by atoms with Gasteiger partial charge in [-0.2, -0.15) is 0 Å². The van der Waals surface area contributed by atoms with Crippen LogP contribution in [-0.4, -0.2) is 23.0 Å². The smallest absolute Gasteiger partial charge is 0.321 e. The normalized spacial score (nSPS) is 10.3. The molecule has 2 amide bonds. The zero-order valence-corrected chi connectivity index (χ0v) is 12.4. The van der Waals surface area contributed by atoms with E-state index >= 15 is 0 Å². The predicted octanol–water partition coefficient (Wildman–Crippen LogP) is 4.11. The van der Waals surface area contributed by atoms with Crippen LogP contribution in [0.2, 0.25) is 10.0 Å². The third-order valence-corrected chi connectivity index (χ3v) is 3.60. The molecule has 0 saturated heterocycles. The van der Waals surface area contributed by atoms with Crippen molar-refractivity contribution in [3.63, 3.8) is 0 Å². The van der Waals surface area contributed by atoms with Crippen molar-refractivity contribution >= 4 is 46.3 Å². The van der Waals surface area contributed by atoms with Gasteiger partial charge in [-0.3, -0.25) is 0 Å². The summed E-state index contributed by atoms with van der Waals surface area (Å²) in [6.07, 6.45) is 0. The molecule has 0 atom stereocenters. The van der Waals surface area contributed by atoms with Crippen LogP contribution in [-0.2, 0) is 6.54 Å². The molecule has 0 aliphatic carbocycles. The van der Waals surface area contributed by atoms with E-state index in [1.165, 1.54) is 16.2 Å². The summed E-state index contributed by atoms with van der Waals surface area (Å²) in [5.74, 6) is 0. The maximum absolute atomic E-state index is 12.0. The van der Waals surface area contributed by atoms with Crippen molar-refractivity contribution in [2.45, 2.75) is 6.54 Å². The van der Waals surface area contributed by atoms with Crippen LogP contribution in [0.5, 0.6) is 0 Å². The molecule has 1 N–H and O–H groups in total. The Morgan fingerprint density at radius 3 is 2.95 bits per heavy atom. The monoisotopic (exact) mass is 315 g/mol. The number of nitrogens with one attached hydrogen (secondary N) is 1. The van der Waals surface area contributed by atoms with Gasteiger partial charge in [0.1, 0.15) is 0 Å². The van der Waals surface area contributed by atoms with Crippen molar-refractivity contribution in [2.75, 3.05) is 12.4 Å². The second-order valence-electron chi connectivity index (χ2n) is 3.89. The number of amides is 2. The van der Waals surface area contributed by atoms with Crippen LogP contribution in [0.1, 0.15) is 5.69 Å². The Morgan fingerprint density at radius 1 is 1.47 bits per heavy atom. The third kappa shape index (κ3) is 3.83. The zero-order valence-electron chi connectivity index (χ0n) is 10.1. The minimum absolute atomic E-state index is 0.267. The van der Waals surface area contributed by atoms with Crippen molar-refractivity contribution in [3.05, 3.63) is 44.8 Å². The minimum Gasteiger partial charge on any atom is -0.322 e. The molecule has 0 aliphatic heterocycles. The van der Waals surface area contributed by atoms with Gasteiger partial charge in [-0.25, -0.2) is 9.78 Å². The van der Waals surface area contributed by atoms with Crippen LogP contribution < -0.4 is 5.32 Å². The highest BCUT2D eigenvalue weighted by Gasteiger charge is 2.12. The fourth-order valence-corrected chi connectivity index (χ4v) is 2.32. The molecule has 1 heterocycles. The third-order valence-electron chi connectivity index (χ3n) is 2.40. The van der Waals surface area contributed by atoms with Crippen LogP contribution in [0, 0.1) is 0 Å². The highest BCUT2D eigenvalue weighted by atomic mass is 35.5. The fourth-order valence-electron chi connectivity index (χ4n) is 1.43. The molecular weight excluding hydrogens is 305 g/mol. The van der Waals surface area contributed by atoms with Gasteiger partial charge in [0.05, 0.1) is 28.5 Å². The van der Waals surface area contributed by atoms with Crippen molar-refractivity contribution in [1.82, 2.24) is 9.88 Å². The Bertz CT molecular complexity index is 574. The summed E-state index contributed by atoms with van der Waals surface area (Å²) in [5, 5.41) is 5.57. The molecule has 4 nitrogen and oxygen atoms in total. The Balaban J connectivity index is 2.02. The van der Waals surface area contributed by atoms with Gasteiger partial charge in [-0.1, -0.05) is 23.2 Å². The number of hydrogen-bond acceptors (Lipinski definition) is 3. The summed E-state index contributed by atoms with van der Waals surface area (Å²) in [6.45, 7) is 0.438. The van der Waals surface area contributed by atoms with E-state index in [0.717, 1.165) is 5.69 Å². The average Bonchev–Trinajstić information content (AvgIpc) is 2.86. The van der Waals surface area contributed by atoms with Gasteiger partial charge in [0, 0.05) is 17.5 Å². The van der Waals surface area contributed by atoms with E-state index in [-0.39, 0.29) is 6.03 Å². The summed E-state index contributed by atoms with van der Waals surface area (Å²) in [6, 6.07) is 4.65. The number of rotatable bonds is 3. The largest absolute Gasteiger partial charge is 0.322 e. The molecule has 100 valence electrons. The quantitative estimate of drug-likeness (QED) is 0.926. The van der Waals surface area contributed by atoms with E-state index in [1.54, 1.807) is 30.8 Å². The lowest BCUT2D eigenvalue weighted by Crippen LogP contribution is -2.31. The van der Waals surface area contributed by atoms with Gasteiger partial charge >= 0.3 is 6.03 Å². The number of hydrogen-bond donors (Lipinski definition) is 1. The molecule has 2 aromatic rings. The number of carbonyl (C=O) groups excluding carboxylic acids is 1. The Hall–Kier alpha value is -1.30. The standard InChI is InChI=1S/C12H11Cl2N3OS/c1-17(5-9-6-19-7-15-9)12(18)16-11-4-8(13)2-3-10(11)14/h2-4,6-7H,5H2,1H3,(H,16,18). The number of thiazole rings is 1. The summed E-state index contributed by atoms with van der Waals surface area (Å²) < 4.78 is 0. The van der Waals surface area contributed by atoms with Crippen LogP contribution in [0.3, 0.4) is 0 Å². The maximum Gasteiger partial charge on any atom is 0.321 e. The van der Waals surface area contributed by atoms with Crippen LogP contribution in [0.4, 0.5) is 10.5 Å². The molecule has 0 saturated carbocycles. The van der Waals surface area contributed by atoms with Gasteiger partial charge in [0.15, 0.2) is 0 Å². The first-order valence-corrected chi connectivity index (χ1v) is 7.10.